The number of fused-ring (bicyclic) bond motifs is 1. The number of nitrogens with one attached hydrogen (secondary N) is 2. The van der Waals surface area contributed by atoms with Gasteiger partial charge in [0.25, 0.3) is 5.91 Å². The predicted octanol–water partition coefficient (Wildman–Crippen LogP) is 3.84. The van der Waals surface area contributed by atoms with Gasteiger partial charge in [0.2, 0.25) is 5.91 Å². The van der Waals surface area contributed by atoms with Gasteiger partial charge in [0, 0.05) is 23.5 Å². The molecule has 0 atom stereocenters. The van der Waals surface area contributed by atoms with Gasteiger partial charge in [-0.05, 0) is 36.4 Å². The predicted molar refractivity (Wildman–Crippen MR) is 108 cm³/mol. The van der Waals surface area contributed by atoms with Crippen LogP contribution in [-0.4, -0.2) is 43.9 Å². The molecule has 0 unspecified atom stereocenters. The Balaban J connectivity index is 1.64. The molecule has 2 aromatic rings. The number of alkyl halides is 3. The van der Waals surface area contributed by atoms with E-state index in [2.05, 4.69) is 10.6 Å². The molecule has 2 heterocycles. The average molecular weight is 437 g/mol. The van der Waals surface area contributed by atoms with Gasteiger partial charge < -0.3 is 20.3 Å². The van der Waals surface area contributed by atoms with Gasteiger partial charge in [0.1, 0.15) is 0 Å². The third kappa shape index (κ3) is 4.39. The van der Waals surface area contributed by atoms with Crippen LogP contribution in [0.25, 0.3) is 0 Å². The molecule has 158 valence electrons. The smallest absolute Gasteiger partial charge is 0.378 e. The topological polar surface area (TPSA) is 70.7 Å². The lowest BCUT2D eigenvalue weighted by Gasteiger charge is -2.31. The molecule has 0 bridgehead atoms. The lowest BCUT2D eigenvalue weighted by atomic mass is 10.1. The van der Waals surface area contributed by atoms with E-state index in [9.17, 15) is 22.8 Å². The van der Waals surface area contributed by atoms with Gasteiger partial charge in [-0.2, -0.15) is 13.2 Å². The number of benzene rings is 2. The van der Waals surface area contributed by atoms with Crippen LogP contribution in [0.15, 0.2) is 41.3 Å². The molecular weight excluding hydrogens is 419 g/mol. The van der Waals surface area contributed by atoms with Crippen LogP contribution in [-0.2, 0) is 15.7 Å². The average Bonchev–Trinajstić information content (AvgIpc) is 2.73. The Morgan fingerprint density at radius 2 is 1.90 bits per heavy atom. The molecule has 2 aliphatic heterocycles. The lowest BCUT2D eigenvalue weighted by Crippen LogP contribution is -2.36. The van der Waals surface area contributed by atoms with Crippen molar-refractivity contribution in [2.24, 2.45) is 0 Å². The largest absolute Gasteiger partial charge is 0.416 e. The zero-order valence-electron chi connectivity index (χ0n) is 15.7. The maximum Gasteiger partial charge on any atom is 0.416 e. The van der Waals surface area contributed by atoms with E-state index in [0.29, 0.717) is 43.4 Å². The van der Waals surface area contributed by atoms with E-state index in [1.807, 2.05) is 4.90 Å². The van der Waals surface area contributed by atoms with Crippen LogP contribution in [0.2, 0.25) is 0 Å². The fourth-order valence-corrected chi connectivity index (χ4v) is 4.10. The molecule has 0 aromatic heterocycles. The van der Waals surface area contributed by atoms with Gasteiger partial charge >= 0.3 is 6.18 Å². The first-order chi connectivity index (χ1) is 14.3. The molecule has 6 nitrogen and oxygen atoms in total. The minimum absolute atomic E-state index is 0.0767. The van der Waals surface area contributed by atoms with E-state index in [1.54, 1.807) is 12.1 Å². The summed E-state index contributed by atoms with van der Waals surface area (Å²) in [5.74, 6) is -0.430. The van der Waals surface area contributed by atoms with E-state index in [1.165, 1.54) is 23.9 Å². The van der Waals surface area contributed by atoms with Crippen LogP contribution >= 0.6 is 11.8 Å². The van der Waals surface area contributed by atoms with Crippen LogP contribution < -0.4 is 15.5 Å². The monoisotopic (exact) mass is 437 g/mol. The van der Waals surface area contributed by atoms with Crippen LogP contribution in [0.5, 0.6) is 0 Å². The van der Waals surface area contributed by atoms with E-state index < -0.39 is 17.6 Å². The standard InChI is InChI=1S/C20H18F3N3O3S/c21-20(22,23)13-2-3-16(26-5-7-29-8-6-26)14(10-13)25-19(28)12-1-4-17-15(9-12)24-18(27)11-30-17/h1-4,9-10H,5-8,11H2,(H,24,27)(H,25,28). The van der Waals surface area contributed by atoms with Crippen LogP contribution in [0.1, 0.15) is 15.9 Å². The number of thioether (sulfide) groups is 1. The molecule has 0 radical (unpaired) electrons. The summed E-state index contributed by atoms with van der Waals surface area (Å²) in [6, 6.07) is 8.14. The highest BCUT2D eigenvalue weighted by atomic mass is 32.2. The molecule has 0 saturated carbocycles. The van der Waals surface area contributed by atoms with Crippen LogP contribution in [0.3, 0.4) is 0 Å². The van der Waals surface area contributed by atoms with Crippen molar-refractivity contribution in [2.75, 3.05) is 47.6 Å². The number of amides is 2. The summed E-state index contributed by atoms with van der Waals surface area (Å²) < 4.78 is 45.0. The van der Waals surface area contributed by atoms with Gasteiger partial charge in [0.15, 0.2) is 0 Å². The van der Waals surface area contributed by atoms with Crippen LogP contribution in [0, 0.1) is 0 Å². The van der Waals surface area contributed by atoms with Crippen molar-refractivity contribution in [3.05, 3.63) is 47.5 Å². The molecule has 1 fully saturated rings. The molecule has 2 N–H and O–H groups in total. The summed E-state index contributed by atoms with van der Waals surface area (Å²) in [7, 11) is 0. The number of halogens is 3. The van der Waals surface area contributed by atoms with Gasteiger partial charge in [-0.3, -0.25) is 9.59 Å². The Morgan fingerprint density at radius 1 is 1.13 bits per heavy atom. The molecule has 1 saturated heterocycles. The van der Waals surface area contributed by atoms with Gasteiger partial charge in [-0.25, -0.2) is 0 Å². The molecule has 4 rings (SSSR count). The Bertz CT molecular complexity index is 991. The summed E-state index contributed by atoms with van der Waals surface area (Å²) >= 11 is 1.36. The summed E-state index contributed by atoms with van der Waals surface area (Å²) in [5, 5.41) is 5.31. The van der Waals surface area contributed by atoms with E-state index in [0.717, 1.165) is 17.0 Å². The minimum atomic E-state index is -4.53. The van der Waals surface area contributed by atoms with Crippen molar-refractivity contribution in [3.8, 4) is 0 Å². The zero-order valence-corrected chi connectivity index (χ0v) is 16.5. The molecule has 2 aliphatic rings. The van der Waals surface area contributed by atoms with Crippen molar-refractivity contribution in [3.63, 3.8) is 0 Å². The number of carbonyl (C=O) groups is 2. The van der Waals surface area contributed by atoms with Crippen molar-refractivity contribution < 1.29 is 27.5 Å². The number of hydrogen-bond acceptors (Lipinski definition) is 5. The maximum absolute atomic E-state index is 13.2. The second-order valence-electron chi connectivity index (χ2n) is 6.83. The summed E-state index contributed by atoms with van der Waals surface area (Å²) in [4.78, 5) is 27.1. The molecule has 0 aliphatic carbocycles. The fraction of sp³-hybridized carbons (Fsp3) is 0.300. The van der Waals surface area contributed by atoms with Crippen molar-refractivity contribution in [1.29, 1.82) is 0 Å². The number of morpholine rings is 1. The second kappa shape index (κ2) is 8.19. The Morgan fingerprint density at radius 3 is 2.63 bits per heavy atom. The number of rotatable bonds is 3. The number of hydrogen-bond donors (Lipinski definition) is 2. The first kappa shape index (κ1) is 20.5. The Labute approximate surface area is 174 Å². The SMILES string of the molecule is O=C1CSc2ccc(C(=O)Nc3cc(C(F)(F)F)ccc3N3CCOCC3)cc2N1. The first-order valence-electron chi connectivity index (χ1n) is 9.23. The maximum atomic E-state index is 13.2. The molecular formula is C20H18F3N3O3S. The van der Waals surface area contributed by atoms with Crippen molar-refractivity contribution >= 4 is 40.6 Å². The number of ether oxygens (including phenoxy) is 1. The third-order valence-corrected chi connectivity index (χ3v) is 5.87. The summed E-state index contributed by atoms with van der Waals surface area (Å²) in [5.41, 5.74) is 0.487. The summed E-state index contributed by atoms with van der Waals surface area (Å²) in [6.45, 7) is 1.93. The second-order valence-corrected chi connectivity index (χ2v) is 7.85. The van der Waals surface area contributed by atoms with Crippen molar-refractivity contribution in [1.82, 2.24) is 0 Å². The quantitative estimate of drug-likeness (QED) is 0.764. The zero-order chi connectivity index (χ0) is 21.3. The highest BCUT2D eigenvalue weighted by Crippen LogP contribution is 2.36. The lowest BCUT2D eigenvalue weighted by molar-refractivity contribution is -0.137. The van der Waals surface area contributed by atoms with Gasteiger partial charge in [-0.15, -0.1) is 11.8 Å². The van der Waals surface area contributed by atoms with Crippen molar-refractivity contribution in [2.45, 2.75) is 11.1 Å². The molecule has 10 heteroatoms. The van der Waals surface area contributed by atoms with Crippen LogP contribution in [0.4, 0.5) is 30.2 Å². The number of nitrogens with zero attached hydrogens (tertiary/aromatic N) is 1. The third-order valence-electron chi connectivity index (χ3n) is 4.80. The van der Waals surface area contributed by atoms with E-state index in [4.69, 9.17) is 4.74 Å². The Kier molecular flexibility index (Phi) is 5.61. The molecule has 2 amide bonds. The Hall–Kier alpha value is -2.72. The normalized spacial score (nSPS) is 16.6. The number of anilines is 3. The summed E-state index contributed by atoms with van der Waals surface area (Å²) in [6.07, 6.45) is -4.53. The van der Waals surface area contributed by atoms with Gasteiger partial charge in [0.05, 0.1) is 41.6 Å². The van der Waals surface area contributed by atoms with E-state index in [-0.39, 0.29) is 17.2 Å². The minimum Gasteiger partial charge on any atom is -0.378 e. The number of carbonyl (C=O) groups excluding carboxylic acids is 2. The highest BCUT2D eigenvalue weighted by Gasteiger charge is 2.32. The first-order valence-corrected chi connectivity index (χ1v) is 10.2. The van der Waals surface area contributed by atoms with E-state index >= 15 is 0 Å². The molecule has 30 heavy (non-hydrogen) atoms. The molecule has 0 spiro atoms. The van der Waals surface area contributed by atoms with Gasteiger partial charge in [-0.1, -0.05) is 0 Å². The molecule has 2 aromatic carbocycles. The fourth-order valence-electron chi connectivity index (χ4n) is 3.31. The highest BCUT2D eigenvalue weighted by molar-refractivity contribution is 8.00.